The van der Waals surface area contributed by atoms with E-state index in [1.807, 2.05) is 0 Å². The van der Waals surface area contributed by atoms with Gasteiger partial charge in [0.1, 0.15) is 5.69 Å². The molecule has 9 heteroatoms. The zero-order valence-corrected chi connectivity index (χ0v) is 13.8. The minimum atomic E-state index is -3.71. The molecule has 0 aliphatic carbocycles. The molecule has 1 aliphatic rings. The Morgan fingerprint density at radius 2 is 1.96 bits per heavy atom. The normalized spacial score (nSPS) is 16.3. The zero-order chi connectivity index (χ0) is 17.0. The molecule has 23 heavy (non-hydrogen) atoms. The summed E-state index contributed by atoms with van der Waals surface area (Å²) in [6.07, 6.45) is 2.61. The van der Waals surface area contributed by atoms with Gasteiger partial charge in [-0.3, -0.25) is 10.1 Å². The molecule has 0 unspecified atom stereocenters. The van der Waals surface area contributed by atoms with Gasteiger partial charge in [-0.25, -0.2) is 8.42 Å². The first kappa shape index (κ1) is 17.6. The van der Waals surface area contributed by atoms with E-state index in [1.54, 1.807) is 7.05 Å². The van der Waals surface area contributed by atoms with Gasteiger partial charge in [0.25, 0.3) is 5.69 Å². The van der Waals surface area contributed by atoms with Gasteiger partial charge < -0.3 is 10.0 Å². The first-order valence-electron chi connectivity index (χ1n) is 7.48. The SMILES string of the molecule is CN(CCO)c1ccc(S(=O)(=O)N2CCCCC2)cc1[N+](=O)[O-]. The van der Waals surface area contributed by atoms with Gasteiger partial charge in [-0.2, -0.15) is 4.31 Å². The van der Waals surface area contributed by atoms with Crippen LogP contribution in [0.5, 0.6) is 0 Å². The van der Waals surface area contributed by atoms with Gasteiger partial charge in [0.15, 0.2) is 0 Å². The number of hydrogen-bond acceptors (Lipinski definition) is 6. The Labute approximate surface area is 135 Å². The summed E-state index contributed by atoms with van der Waals surface area (Å²) in [5.41, 5.74) is 0.000628. The van der Waals surface area contributed by atoms with Crippen LogP contribution in [-0.2, 0) is 10.0 Å². The minimum absolute atomic E-state index is 0.0627. The number of hydrogen-bond donors (Lipinski definition) is 1. The summed E-state index contributed by atoms with van der Waals surface area (Å²) in [4.78, 5) is 12.2. The van der Waals surface area contributed by atoms with Crippen molar-refractivity contribution in [3.8, 4) is 0 Å². The van der Waals surface area contributed by atoms with Crippen LogP contribution in [0.25, 0.3) is 0 Å². The topological polar surface area (TPSA) is 104 Å². The summed E-state index contributed by atoms with van der Waals surface area (Å²) >= 11 is 0. The highest BCUT2D eigenvalue weighted by Crippen LogP contribution is 2.31. The Hall–Kier alpha value is -1.71. The molecule has 0 spiro atoms. The molecule has 1 aliphatic heterocycles. The molecule has 0 amide bonds. The van der Waals surface area contributed by atoms with Gasteiger partial charge in [0, 0.05) is 32.7 Å². The molecule has 2 rings (SSSR count). The summed E-state index contributed by atoms with van der Waals surface area (Å²) in [5.74, 6) is 0. The maximum Gasteiger partial charge on any atom is 0.293 e. The predicted octanol–water partition coefficient (Wildman–Crippen LogP) is 1.20. The smallest absolute Gasteiger partial charge is 0.293 e. The number of aliphatic hydroxyl groups excluding tert-OH is 1. The molecule has 1 aromatic carbocycles. The second kappa shape index (κ2) is 7.24. The largest absolute Gasteiger partial charge is 0.395 e. The number of rotatable bonds is 6. The molecular weight excluding hydrogens is 322 g/mol. The monoisotopic (exact) mass is 343 g/mol. The molecule has 1 fully saturated rings. The van der Waals surface area contributed by atoms with E-state index in [4.69, 9.17) is 5.11 Å². The molecule has 8 nitrogen and oxygen atoms in total. The lowest BCUT2D eigenvalue weighted by Crippen LogP contribution is -2.35. The fourth-order valence-corrected chi connectivity index (χ4v) is 4.20. The van der Waals surface area contributed by atoms with Crippen LogP contribution < -0.4 is 4.90 Å². The minimum Gasteiger partial charge on any atom is -0.395 e. The highest BCUT2D eigenvalue weighted by molar-refractivity contribution is 7.89. The molecule has 1 aromatic rings. The fraction of sp³-hybridized carbons (Fsp3) is 0.571. The van der Waals surface area contributed by atoms with Crippen LogP contribution in [0.4, 0.5) is 11.4 Å². The van der Waals surface area contributed by atoms with Gasteiger partial charge in [0.05, 0.1) is 16.4 Å². The van der Waals surface area contributed by atoms with Crippen molar-refractivity contribution >= 4 is 21.4 Å². The van der Waals surface area contributed by atoms with E-state index in [2.05, 4.69) is 0 Å². The molecule has 0 bridgehead atoms. The van der Waals surface area contributed by atoms with Gasteiger partial charge in [-0.15, -0.1) is 0 Å². The number of nitrogens with zero attached hydrogens (tertiary/aromatic N) is 3. The Morgan fingerprint density at radius 1 is 1.30 bits per heavy atom. The maximum absolute atomic E-state index is 12.6. The van der Waals surface area contributed by atoms with E-state index in [-0.39, 0.29) is 29.4 Å². The lowest BCUT2D eigenvalue weighted by molar-refractivity contribution is -0.384. The molecule has 0 radical (unpaired) electrons. The van der Waals surface area contributed by atoms with E-state index in [1.165, 1.54) is 21.3 Å². The van der Waals surface area contributed by atoms with Crippen LogP contribution in [0.3, 0.4) is 0 Å². The number of likely N-dealkylation sites (N-methyl/N-ethyl adjacent to an activating group) is 1. The van der Waals surface area contributed by atoms with Gasteiger partial charge >= 0.3 is 0 Å². The number of nitro groups is 1. The van der Waals surface area contributed by atoms with Crippen LogP contribution in [0, 0.1) is 10.1 Å². The molecule has 0 aromatic heterocycles. The van der Waals surface area contributed by atoms with E-state index in [0.29, 0.717) is 13.1 Å². The van der Waals surface area contributed by atoms with Crippen LogP contribution in [-0.4, -0.2) is 56.0 Å². The predicted molar refractivity (Wildman–Crippen MR) is 86.1 cm³/mol. The quantitative estimate of drug-likeness (QED) is 0.615. The van der Waals surface area contributed by atoms with Crippen molar-refractivity contribution in [3.63, 3.8) is 0 Å². The van der Waals surface area contributed by atoms with Gasteiger partial charge in [-0.05, 0) is 25.0 Å². The summed E-state index contributed by atoms with van der Waals surface area (Å²) in [7, 11) is -2.10. The molecule has 1 saturated heterocycles. The first-order valence-corrected chi connectivity index (χ1v) is 8.92. The highest BCUT2D eigenvalue weighted by Gasteiger charge is 2.29. The average Bonchev–Trinajstić information content (AvgIpc) is 2.55. The van der Waals surface area contributed by atoms with Crippen LogP contribution in [0.15, 0.2) is 23.1 Å². The molecule has 0 saturated carbocycles. The summed E-state index contributed by atoms with van der Waals surface area (Å²) in [6.45, 7) is 0.963. The van der Waals surface area contributed by atoms with E-state index < -0.39 is 14.9 Å². The van der Waals surface area contributed by atoms with Crippen molar-refractivity contribution in [3.05, 3.63) is 28.3 Å². The number of aliphatic hydroxyl groups is 1. The molecular formula is C14H21N3O5S. The standard InChI is InChI=1S/C14H21N3O5S/c1-15(9-10-18)13-6-5-12(11-14(13)17(19)20)23(21,22)16-7-3-2-4-8-16/h5-6,11,18H,2-4,7-10H2,1H3. The number of benzene rings is 1. The number of anilines is 1. The average molecular weight is 343 g/mol. The highest BCUT2D eigenvalue weighted by atomic mass is 32.2. The van der Waals surface area contributed by atoms with Gasteiger partial charge in [-0.1, -0.05) is 6.42 Å². The Balaban J connectivity index is 2.40. The Morgan fingerprint density at radius 3 is 2.52 bits per heavy atom. The van der Waals surface area contributed by atoms with Crippen molar-refractivity contribution in [1.82, 2.24) is 4.31 Å². The van der Waals surface area contributed by atoms with Crippen LogP contribution >= 0.6 is 0 Å². The summed E-state index contributed by atoms with van der Waals surface area (Å²) in [6, 6.07) is 3.91. The third-order valence-electron chi connectivity index (χ3n) is 3.94. The second-order valence-corrected chi connectivity index (χ2v) is 7.46. The number of sulfonamides is 1. The Bertz CT molecular complexity index is 671. The lowest BCUT2D eigenvalue weighted by atomic mass is 10.2. The summed E-state index contributed by atoms with van der Waals surface area (Å²) < 4.78 is 26.6. The van der Waals surface area contributed by atoms with Crippen LogP contribution in [0.2, 0.25) is 0 Å². The fourth-order valence-electron chi connectivity index (χ4n) is 2.66. The van der Waals surface area contributed by atoms with Crippen molar-refractivity contribution in [2.24, 2.45) is 0 Å². The van der Waals surface area contributed by atoms with Crippen molar-refractivity contribution < 1.29 is 18.4 Å². The zero-order valence-electron chi connectivity index (χ0n) is 13.0. The van der Waals surface area contributed by atoms with Gasteiger partial charge in [0.2, 0.25) is 10.0 Å². The third kappa shape index (κ3) is 3.80. The Kier molecular flexibility index (Phi) is 5.55. The molecule has 128 valence electrons. The van der Waals surface area contributed by atoms with E-state index in [0.717, 1.165) is 25.3 Å². The number of nitro benzene ring substituents is 1. The number of piperidine rings is 1. The molecule has 0 atom stereocenters. The summed E-state index contributed by atoms with van der Waals surface area (Å²) in [5, 5.41) is 20.3. The van der Waals surface area contributed by atoms with Crippen molar-refractivity contribution in [2.75, 3.05) is 38.2 Å². The first-order chi connectivity index (χ1) is 10.9. The molecule has 1 heterocycles. The maximum atomic E-state index is 12.6. The lowest BCUT2D eigenvalue weighted by Gasteiger charge is -2.26. The van der Waals surface area contributed by atoms with E-state index >= 15 is 0 Å². The van der Waals surface area contributed by atoms with Crippen molar-refractivity contribution in [1.29, 1.82) is 0 Å². The van der Waals surface area contributed by atoms with Crippen LogP contribution in [0.1, 0.15) is 19.3 Å². The van der Waals surface area contributed by atoms with Crippen molar-refractivity contribution in [2.45, 2.75) is 24.2 Å². The molecule has 1 N–H and O–H groups in total. The van der Waals surface area contributed by atoms with E-state index in [9.17, 15) is 18.5 Å². The second-order valence-electron chi connectivity index (χ2n) is 5.52. The third-order valence-corrected chi connectivity index (χ3v) is 5.84.